The number of hydrogen-bond acceptors (Lipinski definition) is 4. The zero-order valence-electron chi connectivity index (χ0n) is 8.55. The Labute approximate surface area is 93.0 Å². The van der Waals surface area contributed by atoms with Gasteiger partial charge in [-0.1, -0.05) is 19.1 Å². The molecule has 0 aliphatic carbocycles. The van der Waals surface area contributed by atoms with Crippen LogP contribution in [-0.4, -0.2) is 16.7 Å². The summed E-state index contributed by atoms with van der Waals surface area (Å²) in [7, 11) is 0. The van der Waals surface area contributed by atoms with Crippen LogP contribution in [0.1, 0.15) is 13.3 Å². The third-order valence-corrected chi connectivity index (χ3v) is 3.29. The predicted molar refractivity (Wildman–Crippen MR) is 62.1 cm³/mol. The molecule has 0 radical (unpaired) electrons. The summed E-state index contributed by atoms with van der Waals surface area (Å²) < 4.78 is 0. The molecule has 5 heteroatoms. The molecule has 0 heterocycles. The van der Waals surface area contributed by atoms with Crippen LogP contribution in [0, 0.1) is 10.1 Å². The van der Waals surface area contributed by atoms with Crippen molar-refractivity contribution in [1.29, 1.82) is 0 Å². The number of nitro benzene ring substituents is 1. The van der Waals surface area contributed by atoms with Crippen LogP contribution in [-0.2, 0) is 0 Å². The molecular weight excluding hydrogens is 212 g/mol. The lowest BCUT2D eigenvalue weighted by Crippen LogP contribution is -2.21. The molecule has 0 aromatic heterocycles. The number of nitrogens with two attached hydrogens (primary N) is 1. The van der Waals surface area contributed by atoms with Gasteiger partial charge in [0.25, 0.3) is 5.69 Å². The summed E-state index contributed by atoms with van der Waals surface area (Å²) in [6.45, 7) is 2.00. The van der Waals surface area contributed by atoms with E-state index in [0.29, 0.717) is 10.6 Å². The van der Waals surface area contributed by atoms with Crippen molar-refractivity contribution in [1.82, 2.24) is 0 Å². The Balaban J connectivity index is 2.72. The van der Waals surface area contributed by atoms with E-state index in [0.717, 1.165) is 6.42 Å². The van der Waals surface area contributed by atoms with Crippen LogP contribution in [0.25, 0.3) is 0 Å². The smallest absolute Gasteiger partial charge is 0.282 e. The normalized spacial score (nSPS) is 12.4. The molecule has 0 amide bonds. The Morgan fingerprint density at radius 1 is 1.53 bits per heavy atom. The highest BCUT2D eigenvalue weighted by molar-refractivity contribution is 7.99. The Bertz CT molecular complexity index is 344. The van der Waals surface area contributed by atoms with E-state index in [1.54, 1.807) is 18.2 Å². The van der Waals surface area contributed by atoms with Gasteiger partial charge in [-0.25, -0.2) is 0 Å². The quantitative estimate of drug-likeness (QED) is 0.475. The summed E-state index contributed by atoms with van der Waals surface area (Å²) in [6.07, 6.45) is 0.883. The first-order valence-electron chi connectivity index (χ1n) is 4.77. The zero-order chi connectivity index (χ0) is 11.3. The number of benzene rings is 1. The van der Waals surface area contributed by atoms with Crippen LogP contribution < -0.4 is 5.73 Å². The number of para-hydroxylation sites is 1. The van der Waals surface area contributed by atoms with Crippen molar-refractivity contribution in [2.75, 3.05) is 5.75 Å². The van der Waals surface area contributed by atoms with Crippen LogP contribution in [0.3, 0.4) is 0 Å². The lowest BCUT2D eigenvalue weighted by Gasteiger charge is -2.07. The summed E-state index contributed by atoms with van der Waals surface area (Å²) in [5.74, 6) is 0.710. The van der Waals surface area contributed by atoms with Gasteiger partial charge in [0.2, 0.25) is 0 Å². The third kappa shape index (κ3) is 3.53. The lowest BCUT2D eigenvalue weighted by atomic mass is 10.3. The second kappa shape index (κ2) is 5.72. The number of nitrogens with zero attached hydrogens (tertiary/aromatic N) is 1. The summed E-state index contributed by atoms with van der Waals surface area (Å²) in [5, 5.41) is 10.7. The van der Waals surface area contributed by atoms with Crippen LogP contribution in [0.15, 0.2) is 29.2 Å². The average Bonchev–Trinajstić information content (AvgIpc) is 2.26. The molecule has 0 bridgehead atoms. The summed E-state index contributed by atoms with van der Waals surface area (Å²) >= 11 is 1.44. The SMILES string of the molecule is CCC(N)CSc1ccccc1[N+](=O)[O-]. The Kier molecular flexibility index (Phi) is 4.58. The van der Waals surface area contributed by atoms with Gasteiger partial charge < -0.3 is 5.73 Å². The fraction of sp³-hybridized carbons (Fsp3) is 0.400. The van der Waals surface area contributed by atoms with Gasteiger partial charge >= 0.3 is 0 Å². The van der Waals surface area contributed by atoms with Crippen molar-refractivity contribution in [3.8, 4) is 0 Å². The molecule has 82 valence electrons. The fourth-order valence-corrected chi connectivity index (χ4v) is 2.14. The molecule has 0 saturated heterocycles. The fourth-order valence-electron chi connectivity index (χ4n) is 1.04. The van der Waals surface area contributed by atoms with Crippen molar-refractivity contribution in [2.45, 2.75) is 24.3 Å². The van der Waals surface area contributed by atoms with Gasteiger partial charge in [-0.05, 0) is 12.5 Å². The summed E-state index contributed by atoms with van der Waals surface area (Å²) in [5.41, 5.74) is 5.91. The number of hydrogen-bond donors (Lipinski definition) is 1. The molecule has 0 fully saturated rings. The Morgan fingerprint density at radius 2 is 2.20 bits per heavy atom. The molecule has 2 N–H and O–H groups in total. The highest BCUT2D eigenvalue weighted by atomic mass is 32.2. The monoisotopic (exact) mass is 226 g/mol. The van der Waals surface area contributed by atoms with Gasteiger partial charge in [0.05, 0.1) is 9.82 Å². The van der Waals surface area contributed by atoms with Gasteiger partial charge in [-0.15, -0.1) is 11.8 Å². The molecule has 1 unspecified atom stereocenters. The van der Waals surface area contributed by atoms with Gasteiger partial charge in [0.15, 0.2) is 0 Å². The topological polar surface area (TPSA) is 69.2 Å². The van der Waals surface area contributed by atoms with E-state index in [1.165, 1.54) is 17.8 Å². The minimum absolute atomic E-state index is 0.0924. The molecule has 0 spiro atoms. The largest absolute Gasteiger partial charge is 0.327 e. The summed E-state index contributed by atoms with van der Waals surface area (Å²) in [4.78, 5) is 11.0. The first-order chi connectivity index (χ1) is 7.15. The van der Waals surface area contributed by atoms with E-state index < -0.39 is 0 Å². The molecule has 15 heavy (non-hydrogen) atoms. The van der Waals surface area contributed by atoms with E-state index in [1.807, 2.05) is 6.92 Å². The van der Waals surface area contributed by atoms with Gasteiger partial charge in [0.1, 0.15) is 0 Å². The molecule has 0 aliphatic heterocycles. The second-order valence-electron chi connectivity index (χ2n) is 3.20. The molecule has 1 rings (SSSR count). The second-order valence-corrected chi connectivity index (χ2v) is 4.27. The van der Waals surface area contributed by atoms with Crippen molar-refractivity contribution in [3.05, 3.63) is 34.4 Å². The Morgan fingerprint density at radius 3 is 2.80 bits per heavy atom. The molecule has 0 aliphatic rings. The number of nitro groups is 1. The average molecular weight is 226 g/mol. The van der Waals surface area contributed by atoms with E-state index in [2.05, 4.69) is 0 Å². The van der Waals surface area contributed by atoms with E-state index >= 15 is 0 Å². The Hall–Kier alpha value is -1.07. The zero-order valence-corrected chi connectivity index (χ0v) is 9.37. The maximum Gasteiger partial charge on any atom is 0.282 e. The van der Waals surface area contributed by atoms with Crippen LogP contribution in [0.4, 0.5) is 5.69 Å². The lowest BCUT2D eigenvalue weighted by molar-refractivity contribution is -0.387. The number of rotatable bonds is 5. The summed E-state index contributed by atoms with van der Waals surface area (Å²) in [6, 6.07) is 6.83. The van der Waals surface area contributed by atoms with Gasteiger partial charge in [-0.2, -0.15) is 0 Å². The van der Waals surface area contributed by atoms with Gasteiger partial charge in [0, 0.05) is 17.9 Å². The first-order valence-corrected chi connectivity index (χ1v) is 5.75. The van der Waals surface area contributed by atoms with E-state index in [9.17, 15) is 10.1 Å². The molecule has 1 aromatic carbocycles. The molecule has 0 saturated carbocycles. The molecule has 1 aromatic rings. The highest BCUT2D eigenvalue weighted by Gasteiger charge is 2.13. The van der Waals surface area contributed by atoms with E-state index in [-0.39, 0.29) is 16.7 Å². The third-order valence-electron chi connectivity index (χ3n) is 2.04. The minimum atomic E-state index is -0.361. The number of thioether (sulfide) groups is 1. The minimum Gasteiger partial charge on any atom is -0.327 e. The maximum atomic E-state index is 10.7. The molecule has 1 atom stereocenters. The van der Waals surface area contributed by atoms with E-state index in [4.69, 9.17) is 5.73 Å². The molecular formula is C10H14N2O2S. The molecule has 4 nitrogen and oxygen atoms in total. The van der Waals surface area contributed by atoms with Crippen LogP contribution >= 0.6 is 11.8 Å². The van der Waals surface area contributed by atoms with Crippen LogP contribution in [0.2, 0.25) is 0 Å². The first kappa shape index (κ1) is 12.0. The predicted octanol–water partition coefficient (Wildman–Crippen LogP) is 2.42. The highest BCUT2D eigenvalue weighted by Crippen LogP contribution is 2.28. The standard InChI is InChI=1S/C10H14N2O2S/c1-2-8(11)7-15-10-6-4-3-5-9(10)12(13)14/h3-6,8H,2,7,11H2,1H3. The van der Waals surface area contributed by atoms with Crippen molar-refractivity contribution in [3.63, 3.8) is 0 Å². The maximum absolute atomic E-state index is 10.7. The van der Waals surface area contributed by atoms with Crippen molar-refractivity contribution >= 4 is 17.4 Å². The van der Waals surface area contributed by atoms with Crippen molar-refractivity contribution in [2.24, 2.45) is 5.73 Å². The van der Waals surface area contributed by atoms with Crippen LogP contribution in [0.5, 0.6) is 0 Å². The van der Waals surface area contributed by atoms with Crippen molar-refractivity contribution < 1.29 is 4.92 Å². The van der Waals surface area contributed by atoms with Gasteiger partial charge in [-0.3, -0.25) is 10.1 Å².